The minimum Gasteiger partial charge on any atom is -0.443 e. The number of aryl methyl sites for hydroxylation is 1. The van der Waals surface area contributed by atoms with E-state index < -0.39 is 35.4 Å². The summed E-state index contributed by atoms with van der Waals surface area (Å²) in [6.07, 6.45) is 2.89. The minimum absolute atomic E-state index is 0.0727. The van der Waals surface area contributed by atoms with Crippen LogP contribution >= 0.6 is 0 Å². The number of pyridine rings is 1. The molecule has 2 N–H and O–H groups in total. The maximum Gasteiger partial charge on any atom is 0.415 e. The number of nitrogens with zero attached hydrogens (tertiary/aromatic N) is 7. The average Bonchev–Trinajstić information content (AvgIpc) is 3.40. The molecule has 5 rings (SSSR count). The van der Waals surface area contributed by atoms with E-state index in [9.17, 15) is 18.8 Å². The third-order valence-electron chi connectivity index (χ3n) is 5.96. The number of alkyl halides is 1. The molecule has 208 valence electrons. The van der Waals surface area contributed by atoms with Crippen molar-refractivity contribution < 1.29 is 18.7 Å². The second-order valence-electron chi connectivity index (χ2n) is 10.3. The van der Waals surface area contributed by atoms with E-state index in [1.807, 2.05) is 0 Å². The van der Waals surface area contributed by atoms with Crippen molar-refractivity contribution in [1.29, 1.82) is 0 Å². The number of fused-ring (bicyclic) bond motifs is 1. The van der Waals surface area contributed by atoms with Crippen LogP contribution in [0.3, 0.4) is 0 Å². The first-order chi connectivity index (χ1) is 18.9. The predicted octanol–water partition coefficient (Wildman–Crippen LogP) is 2.93. The molecule has 1 aliphatic carbocycles. The van der Waals surface area contributed by atoms with E-state index in [0.29, 0.717) is 11.6 Å². The zero-order valence-corrected chi connectivity index (χ0v) is 22.5. The summed E-state index contributed by atoms with van der Waals surface area (Å²) in [5.74, 6) is 0.684. The predicted molar refractivity (Wildman–Crippen MR) is 144 cm³/mol. The van der Waals surface area contributed by atoms with Gasteiger partial charge in [-0.1, -0.05) is 0 Å². The zero-order chi connectivity index (χ0) is 28.8. The summed E-state index contributed by atoms with van der Waals surface area (Å²) in [6, 6.07) is 5.76. The van der Waals surface area contributed by atoms with E-state index >= 15 is 0 Å². The van der Waals surface area contributed by atoms with Crippen LogP contribution in [0.25, 0.3) is 11.5 Å². The summed E-state index contributed by atoms with van der Waals surface area (Å²) >= 11 is 0. The summed E-state index contributed by atoms with van der Waals surface area (Å²) in [7, 11) is 1.49. The minimum atomic E-state index is -1.09. The van der Waals surface area contributed by atoms with Crippen molar-refractivity contribution in [2.24, 2.45) is 0 Å². The highest BCUT2D eigenvalue weighted by molar-refractivity contribution is 6.01. The standard InChI is InChI=1S/C26H28FN9O4/c1-14-28-9-8-20(30-14)35-10-6-7-17(24(35)38)31-19-12-21(34(5)25(39)40-26(2,3)4)36-22(33-19)15(13-29-36)23(37)32-18-11-16(18)27/h6-10,12-13,16,18H,11H2,1-5H3,(H,31,33)(H,32,37)/t16-,18?/m0/s1. The largest absolute Gasteiger partial charge is 0.443 e. The van der Waals surface area contributed by atoms with Gasteiger partial charge in [0.1, 0.15) is 46.3 Å². The first-order valence-electron chi connectivity index (χ1n) is 12.5. The Bertz CT molecular complexity index is 1680. The number of halogens is 1. The van der Waals surface area contributed by atoms with Crippen molar-refractivity contribution in [3.8, 4) is 5.82 Å². The quantitative estimate of drug-likeness (QED) is 0.370. The molecular formula is C26H28FN9O4. The van der Waals surface area contributed by atoms with Crippen LogP contribution in [0, 0.1) is 6.92 Å². The summed E-state index contributed by atoms with van der Waals surface area (Å²) in [6.45, 7) is 6.92. The van der Waals surface area contributed by atoms with Gasteiger partial charge in [-0.15, -0.1) is 0 Å². The van der Waals surface area contributed by atoms with Crippen LogP contribution in [-0.2, 0) is 4.74 Å². The van der Waals surface area contributed by atoms with Gasteiger partial charge in [0.15, 0.2) is 5.65 Å². The molecule has 1 fully saturated rings. The average molecular weight is 550 g/mol. The van der Waals surface area contributed by atoms with Crippen molar-refractivity contribution in [2.45, 2.75) is 51.9 Å². The molecule has 0 bridgehead atoms. The van der Waals surface area contributed by atoms with E-state index in [2.05, 4.69) is 30.7 Å². The van der Waals surface area contributed by atoms with Gasteiger partial charge in [-0.3, -0.25) is 19.1 Å². The topological polar surface area (TPSA) is 149 Å². The number of hydrogen-bond donors (Lipinski definition) is 2. The number of ether oxygens (including phenoxy) is 1. The summed E-state index contributed by atoms with van der Waals surface area (Å²) in [5.41, 5.74) is -0.867. The van der Waals surface area contributed by atoms with Crippen LogP contribution in [-0.4, -0.2) is 66.0 Å². The number of anilines is 3. The molecule has 14 heteroatoms. The van der Waals surface area contributed by atoms with Crippen LogP contribution in [0.1, 0.15) is 43.4 Å². The molecule has 40 heavy (non-hydrogen) atoms. The molecule has 13 nitrogen and oxygen atoms in total. The van der Waals surface area contributed by atoms with Gasteiger partial charge in [0.2, 0.25) is 0 Å². The molecule has 2 amide bonds. The highest BCUT2D eigenvalue weighted by Crippen LogP contribution is 2.27. The molecule has 0 radical (unpaired) electrons. The molecule has 0 aliphatic heterocycles. The van der Waals surface area contributed by atoms with Gasteiger partial charge in [-0.25, -0.2) is 24.1 Å². The summed E-state index contributed by atoms with van der Waals surface area (Å²) < 4.78 is 21.6. The number of aromatic nitrogens is 6. The molecule has 1 unspecified atom stereocenters. The van der Waals surface area contributed by atoms with E-state index in [4.69, 9.17) is 4.74 Å². The lowest BCUT2D eigenvalue weighted by Crippen LogP contribution is -2.35. The van der Waals surface area contributed by atoms with E-state index in [0.717, 1.165) is 0 Å². The van der Waals surface area contributed by atoms with Crippen molar-refractivity contribution in [3.63, 3.8) is 0 Å². The van der Waals surface area contributed by atoms with Gasteiger partial charge in [0, 0.05) is 31.9 Å². The zero-order valence-electron chi connectivity index (χ0n) is 22.5. The number of amides is 2. The van der Waals surface area contributed by atoms with Crippen molar-refractivity contribution >= 4 is 35.0 Å². The Kier molecular flexibility index (Phi) is 6.69. The third kappa shape index (κ3) is 5.46. The smallest absolute Gasteiger partial charge is 0.415 e. The maximum atomic E-state index is 13.4. The van der Waals surface area contributed by atoms with Crippen LogP contribution in [0.5, 0.6) is 0 Å². The van der Waals surface area contributed by atoms with Crippen molar-refractivity contribution in [3.05, 3.63) is 64.6 Å². The van der Waals surface area contributed by atoms with Gasteiger partial charge >= 0.3 is 6.09 Å². The molecule has 1 aliphatic rings. The molecule has 2 atom stereocenters. The summed E-state index contributed by atoms with van der Waals surface area (Å²) in [5, 5.41) is 9.86. The Hall–Kier alpha value is -4.88. The second-order valence-corrected chi connectivity index (χ2v) is 10.3. The van der Waals surface area contributed by atoms with Gasteiger partial charge < -0.3 is 15.4 Å². The Labute approximate surface area is 228 Å². The number of carbonyl (C=O) groups excluding carboxylic acids is 2. The fourth-order valence-electron chi connectivity index (χ4n) is 3.88. The van der Waals surface area contributed by atoms with Crippen LogP contribution < -0.4 is 21.1 Å². The number of carbonyl (C=O) groups is 2. The van der Waals surface area contributed by atoms with Crippen LogP contribution in [0.2, 0.25) is 0 Å². The molecule has 0 spiro atoms. The lowest BCUT2D eigenvalue weighted by Gasteiger charge is -2.25. The fraction of sp³-hybridized carbons (Fsp3) is 0.346. The second kappa shape index (κ2) is 10.0. The summed E-state index contributed by atoms with van der Waals surface area (Å²) in [4.78, 5) is 53.3. The van der Waals surface area contributed by atoms with E-state index in [-0.39, 0.29) is 35.0 Å². The SMILES string of the molecule is Cc1nccc(-n2cccc(Nc3cc(N(C)C(=O)OC(C)(C)C)n4ncc(C(=O)NC5C[C@@H]5F)c4n3)c2=O)n1. The maximum absolute atomic E-state index is 13.4. The monoisotopic (exact) mass is 549 g/mol. The Morgan fingerprint density at radius 3 is 2.65 bits per heavy atom. The highest BCUT2D eigenvalue weighted by atomic mass is 19.1. The van der Waals surface area contributed by atoms with Gasteiger partial charge in [-0.05, 0) is 45.9 Å². The molecule has 4 aromatic heterocycles. The van der Waals surface area contributed by atoms with Crippen molar-refractivity contribution in [1.82, 2.24) is 34.4 Å². The van der Waals surface area contributed by atoms with Crippen molar-refractivity contribution in [2.75, 3.05) is 17.3 Å². The first kappa shape index (κ1) is 26.7. The Balaban J connectivity index is 1.57. The molecule has 4 aromatic rings. The molecule has 0 saturated heterocycles. The number of nitrogens with one attached hydrogen (secondary N) is 2. The van der Waals surface area contributed by atoms with Crippen LogP contribution in [0.15, 0.2) is 47.7 Å². The lowest BCUT2D eigenvalue weighted by atomic mass is 10.2. The Morgan fingerprint density at radius 2 is 1.98 bits per heavy atom. The molecular weight excluding hydrogens is 521 g/mol. The fourth-order valence-corrected chi connectivity index (χ4v) is 3.88. The lowest BCUT2D eigenvalue weighted by molar-refractivity contribution is 0.0587. The third-order valence-corrected chi connectivity index (χ3v) is 5.96. The van der Waals surface area contributed by atoms with E-state index in [1.54, 1.807) is 58.3 Å². The number of rotatable bonds is 6. The molecule has 1 saturated carbocycles. The van der Waals surface area contributed by atoms with Gasteiger partial charge in [-0.2, -0.15) is 9.61 Å². The van der Waals surface area contributed by atoms with E-state index in [1.165, 1.54) is 33.3 Å². The molecule has 4 heterocycles. The van der Waals surface area contributed by atoms with Crippen LogP contribution in [0.4, 0.5) is 26.5 Å². The normalized spacial score (nSPS) is 16.4. The number of hydrogen-bond acceptors (Lipinski definition) is 9. The Morgan fingerprint density at radius 1 is 1.23 bits per heavy atom. The first-order valence-corrected chi connectivity index (χ1v) is 12.5. The molecule has 0 aromatic carbocycles. The highest BCUT2D eigenvalue weighted by Gasteiger charge is 2.39. The van der Waals surface area contributed by atoms with Gasteiger partial charge in [0.25, 0.3) is 11.5 Å². The van der Waals surface area contributed by atoms with Gasteiger partial charge in [0.05, 0.1) is 12.2 Å².